The number of para-hydroxylation sites is 1. The molecule has 2 aromatic rings. The smallest absolute Gasteiger partial charge is 0.316 e. The second kappa shape index (κ2) is 9.05. The van der Waals surface area contributed by atoms with E-state index in [1.54, 1.807) is 29.2 Å². The summed E-state index contributed by atoms with van der Waals surface area (Å²) in [5.74, 6) is -1.46. The van der Waals surface area contributed by atoms with Crippen molar-refractivity contribution >= 4 is 35.1 Å². The molecule has 2 aliphatic heterocycles. The monoisotopic (exact) mass is 460 g/mol. The molecule has 2 aromatic carbocycles. The summed E-state index contributed by atoms with van der Waals surface area (Å²) in [5.41, 5.74) is 2.41. The van der Waals surface area contributed by atoms with E-state index in [1.165, 1.54) is 4.90 Å². The van der Waals surface area contributed by atoms with Gasteiger partial charge in [-0.2, -0.15) is 0 Å². The molecule has 176 valence electrons. The topological polar surface area (TPSA) is 84.0 Å². The maximum absolute atomic E-state index is 12.8. The molecule has 0 unspecified atom stereocenters. The van der Waals surface area contributed by atoms with Gasteiger partial charge in [0.2, 0.25) is 17.7 Å². The van der Waals surface area contributed by atoms with Gasteiger partial charge in [-0.25, -0.2) is 0 Å². The van der Waals surface area contributed by atoms with Gasteiger partial charge in [0.05, 0.1) is 23.4 Å². The molecule has 5 rings (SSSR count). The number of amides is 3. The maximum atomic E-state index is 12.8. The predicted molar refractivity (Wildman–Crippen MR) is 126 cm³/mol. The normalized spacial score (nSPS) is 24.5. The number of esters is 1. The lowest BCUT2D eigenvalue weighted by Gasteiger charge is -2.19. The Morgan fingerprint density at radius 2 is 1.59 bits per heavy atom. The van der Waals surface area contributed by atoms with Gasteiger partial charge < -0.3 is 9.64 Å². The van der Waals surface area contributed by atoms with E-state index in [0.29, 0.717) is 11.4 Å². The molecule has 3 aliphatic rings. The fourth-order valence-electron chi connectivity index (χ4n) is 5.45. The molecule has 0 radical (unpaired) electrons. The van der Waals surface area contributed by atoms with E-state index in [0.717, 1.165) is 43.4 Å². The Labute approximate surface area is 198 Å². The largest absolute Gasteiger partial charge is 0.426 e. The number of nitrogens with zero attached hydrogens (tertiary/aromatic N) is 2. The quantitative estimate of drug-likeness (QED) is 0.384. The number of benzene rings is 2. The molecule has 3 atom stereocenters. The Morgan fingerprint density at radius 1 is 0.941 bits per heavy atom. The minimum atomic E-state index is -0.554. The Bertz CT molecular complexity index is 1120. The Hall–Kier alpha value is -3.48. The number of carbonyl (C=O) groups is 4. The molecular weight excluding hydrogens is 432 g/mol. The van der Waals surface area contributed by atoms with Crippen LogP contribution in [0.4, 0.5) is 11.4 Å². The van der Waals surface area contributed by atoms with Crippen LogP contribution in [-0.4, -0.2) is 30.2 Å². The Balaban J connectivity index is 1.25. The minimum Gasteiger partial charge on any atom is -0.426 e. The van der Waals surface area contributed by atoms with Crippen molar-refractivity contribution in [1.29, 1.82) is 0 Å². The highest BCUT2D eigenvalue weighted by molar-refractivity contribution is 6.22. The van der Waals surface area contributed by atoms with E-state index in [4.69, 9.17) is 4.74 Å². The van der Waals surface area contributed by atoms with Crippen molar-refractivity contribution < 1.29 is 23.9 Å². The van der Waals surface area contributed by atoms with Crippen LogP contribution < -0.4 is 14.5 Å². The van der Waals surface area contributed by atoms with E-state index < -0.39 is 11.9 Å². The lowest BCUT2D eigenvalue weighted by molar-refractivity contribution is -0.139. The summed E-state index contributed by atoms with van der Waals surface area (Å²) in [6.45, 7) is 2.32. The van der Waals surface area contributed by atoms with Gasteiger partial charge >= 0.3 is 5.97 Å². The van der Waals surface area contributed by atoms with E-state index in [9.17, 15) is 19.2 Å². The van der Waals surface area contributed by atoms with E-state index in [-0.39, 0.29) is 42.5 Å². The average molecular weight is 461 g/mol. The van der Waals surface area contributed by atoms with Crippen LogP contribution in [0.3, 0.4) is 0 Å². The zero-order chi connectivity index (χ0) is 23.8. The van der Waals surface area contributed by atoms with E-state index >= 15 is 0 Å². The van der Waals surface area contributed by atoms with Crippen molar-refractivity contribution in [2.24, 2.45) is 17.8 Å². The van der Waals surface area contributed by atoms with Crippen molar-refractivity contribution in [1.82, 2.24) is 0 Å². The minimum absolute atomic E-state index is 0.0919. The van der Waals surface area contributed by atoms with Crippen molar-refractivity contribution in [3.05, 3.63) is 54.1 Å². The highest BCUT2D eigenvalue weighted by Crippen LogP contribution is 2.40. The fraction of sp³-hybridized carbons (Fsp3) is 0.407. The first-order valence-electron chi connectivity index (χ1n) is 12.1. The van der Waals surface area contributed by atoms with Crippen LogP contribution in [-0.2, 0) is 25.6 Å². The number of anilines is 2. The summed E-state index contributed by atoms with van der Waals surface area (Å²) in [7, 11) is 0. The molecule has 7 nitrogen and oxygen atoms in total. The number of imide groups is 1. The number of rotatable bonds is 5. The summed E-state index contributed by atoms with van der Waals surface area (Å²) < 4.78 is 5.55. The number of ether oxygens (including phenoxy) is 1. The van der Waals surface area contributed by atoms with Crippen molar-refractivity contribution in [3.63, 3.8) is 0 Å². The number of hydrogen-bond donors (Lipinski definition) is 0. The third kappa shape index (κ3) is 3.89. The second-order valence-corrected chi connectivity index (χ2v) is 9.31. The number of hydrogen-bond acceptors (Lipinski definition) is 5. The van der Waals surface area contributed by atoms with Crippen LogP contribution in [0.2, 0.25) is 0 Å². The average Bonchev–Trinajstić information content (AvgIpc) is 3.37. The molecule has 0 spiro atoms. The molecular formula is C27H28N2O5. The second-order valence-electron chi connectivity index (χ2n) is 9.31. The SMILES string of the molecule is CCc1ccccc1N1C[C@@H](C(=O)Oc2ccc(N3C(=O)[C@H]4CCCC[C@H]4C3=O)cc2)CC1=O. The summed E-state index contributed by atoms with van der Waals surface area (Å²) >= 11 is 0. The van der Waals surface area contributed by atoms with Crippen molar-refractivity contribution in [2.75, 3.05) is 16.3 Å². The summed E-state index contributed by atoms with van der Waals surface area (Å²) in [4.78, 5) is 53.9. The van der Waals surface area contributed by atoms with Gasteiger partial charge in [-0.1, -0.05) is 38.0 Å². The number of carbonyl (C=O) groups excluding carboxylic acids is 4. The van der Waals surface area contributed by atoms with Gasteiger partial charge in [0.25, 0.3) is 0 Å². The molecule has 0 bridgehead atoms. The first kappa shape index (κ1) is 22.3. The van der Waals surface area contributed by atoms with Crippen LogP contribution in [0.5, 0.6) is 5.75 Å². The molecule has 0 aromatic heterocycles. The van der Waals surface area contributed by atoms with Crippen LogP contribution in [0.25, 0.3) is 0 Å². The Kier molecular flexibility index (Phi) is 5.94. The summed E-state index contributed by atoms with van der Waals surface area (Å²) in [6, 6.07) is 14.2. The zero-order valence-corrected chi connectivity index (χ0v) is 19.2. The lowest BCUT2D eigenvalue weighted by Crippen LogP contribution is -2.30. The first-order chi connectivity index (χ1) is 16.5. The van der Waals surface area contributed by atoms with Crippen LogP contribution in [0.1, 0.15) is 44.6 Å². The van der Waals surface area contributed by atoms with Crippen LogP contribution >= 0.6 is 0 Å². The molecule has 34 heavy (non-hydrogen) atoms. The zero-order valence-electron chi connectivity index (χ0n) is 19.2. The summed E-state index contributed by atoms with van der Waals surface area (Å²) in [6.07, 6.45) is 4.39. The Morgan fingerprint density at radius 3 is 2.24 bits per heavy atom. The molecule has 3 amide bonds. The van der Waals surface area contributed by atoms with Gasteiger partial charge in [0.15, 0.2) is 0 Å². The van der Waals surface area contributed by atoms with E-state index in [2.05, 4.69) is 0 Å². The number of fused-ring (bicyclic) bond motifs is 1. The lowest BCUT2D eigenvalue weighted by atomic mass is 9.81. The molecule has 1 saturated carbocycles. The van der Waals surface area contributed by atoms with Gasteiger partial charge in [-0.05, 0) is 55.2 Å². The third-order valence-electron chi connectivity index (χ3n) is 7.28. The third-order valence-corrected chi connectivity index (χ3v) is 7.28. The summed E-state index contributed by atoms with van der Waals surface area (Å²) in [5, 5.41) is 0. The first-order valence-corrected chi connectivity index (χ1v) is 12.1. The van der Waals surface area contributed by atoms with Crippen LogP contribution in [0.15, 0.2) is 48.5 Å². The van der Waals surface area contributed by atoms with Crippen molar-refractivity contribution in [3.8, 4) is 5.75 Å². The highest BCUT2D eigenvalue weighted by atomic mass is 16.5. The molecule has 2 saturated heterocycles. The van der Waals surface area contributed by atoms with Gasteiger partial charge in [-0.15, -0.1) is 0 Å². The predicted octanol–water partition coefficient (Wildman–Crippen LogP) is 3.89. The highest BCUT2D eigenvalue weighted by Gasteiger charge is 2.48. The maximum Gasteiger partial charge on any atom is 0.316 e. The van der Waals surface area contributed by atoms with E-state index in [1.807, 2.05) is 31.2 Å². The van der Waals surface area contributed by atoms with Crippen LogP contribution in [0, 0.1) is 17.8 Å². The van der Waals surface area contributed by atoms with Gasteiger partial charge in [0, 0.05) is 18.7 Å². The molecule has 1 aliphatic carbocycles. The molecule has 7 heteroatoms. The number of aryl methyl sites for hydroxylation is 1. The molecule has 3 fully saturated rings. The molecule has 2 heterocycles. The van der Waals surface area contributed by atoms with Crippen molar-refractivity contribution in [2.45, 2.75) is 45.4 Å². The fourth-order valence-corrected chi connectivity index (χ4v) is 5.45. The van der Waals surface area contributed by atoms with Gasteiger partial charge in [0.1, 0.15) is 5.75 Å². The standard InChI is InChI=1S/C27H28N2O5/c1-2-17-7-3-6-10-23(17)28-16-18(15-24(28)30)27(33)34-20-13-11-19(12-14-20)29-25(31)21-8-4-5-9-22(21)26(29)32/h3,6-7,10-14,18,21-22H,2,4-5,8-9,15-16H2,1H3/t18-,21-,22+/m0/s1. The van der Waals surface area contributed by atoms with Gasteiger partial charge in [-0.3, -0.25) is 24.1 Å². The molecule has 0 N–H and O–H groups in total.